The van der Waals surface area contributed by atoms with Crippen molar-refractivity contribution in [3.8, 4) is 0 Å². The van der Waals surface area contributed by atoms with E-state index in [0.717, 1.165) is 48.4 Å². The van der Waals surface area contributed by atoms with Crippen molar-refractivity contribution in [2.45, 2.75) is 65.7 Å². The molecule has 1 aromatic carbocycles. The van der Waals surface area contributed by atoms with Gasteiger partial charge in [-0.15, -0.1) is 0 Å². The highest BCUT2D eigenvalue weighted by molar-refractivity contribution is 5.95. The fourth-order valence-corrected chi connectivity index (χ4v) is 3.99. The van der Waals surface area contributed by atoms with Crippen LogP contribution < -0.4 is 5.32 Å². The number of hydrogen-bond acceptors (Lipinski definition) is 2. The number of rotatable bonds is 7. The van der Waals surface area contributed by atoms with Crippen LogP contribution in [0.15, 0.2) is 18.2 Å². The van der Waals surface area contributed by atoms with E-state index >= 15 is 0 Å². The van der Waals surface area contributed by atoms with E-state index in [-0.39, 0.29) is 24.3 Å². The Kier molecular flexibility index (Phi) is 7.67. The Balaban J connectivity index is 1.82. The molecule has 1 fully saturated rings. The molecule has 0 aliphatic heterocycles. The Morgan fingerprint density at radius 3 is 2.31 bits per heavy atom. The molecule has 0 spiro atoms. The summed E-state index contributed by atoms with van der Waals surface area (Å²) in [6.07, 6.45) is 8.08. The van der Waals surface area contributed by atoms with Crippen molar-refractivity contribution in [3.05, 3.63) is 29.3 Å². The largest absolute Gasteiger partial charge is 0.336 e. The van der Waals surface area contributed by atoms with Crippen molar-refractivity contribution < 1.29 is 9.59 Å². The average molecular weight is 359 g/mol. The van der Waals surface area contributed by atoms with Crippen molar-refractivity contribution >= 4 is 17.5 Å². The van der Waals surface area contributed by atoms with E-state index in [1.165, 1.54) is 19.3 Å². The molecule has 1 saturated carbocycles. The second-order valence-corrected chi connectivity index (χ2v) is 7.87. The lowest BCUT2D eigenvalue weighted by Crippen LogP contribution is -2.39. The molecule has 26 heavy (non-hydrogen) atoms. The van der Waals surface area contributed by atoms with E-state index < -0.39 is 0 Å². The summed E-state index contributed by atoms with van der Waals surface area (Å²) in [5.74, 6) is 0.869. The van der Waals surface area contributed by atoms with Gasteiger partial charge in [0.25, 0.3) is 0 Å². The van der Waals surface area contributed by atoms with Crippen LogP contribution in [0.3, 0.4) is 0 Å². The molecule has 1 N–H and O–H groups in total. The van der Waals surface area contributed by atoms with E-state index in [9.17, 15) is 9.59 Å². The summed E-state index contributed by atoms with van der Waals surface area (Å²) in [6, 6.07) is 5.94. The molecule has 0 atom stereocenters. The molecule has 0 radical (unpaired) electrons. The number of para-hydroxylation sites is 1. The monoisotopic (exact) mass is 358 g/mol. The van der Waals surface area contributed by atoms with Gasteiger partial charge >= 0.3 is 0 Å². The molecule has 1 aliphatic rings. The minimum absolute atomic E-state index is 0.0888. The third-order valence-electron chi connectivity index (χ3n) is 5.66. The van der Waals surface area contributed by atoms with Gasteiger partial charge in [-0.1, -0.05) is 44.4 Å². The van der Waals surface area contributed by atoms with Gasteiger partial charge in [-0.25, -0.2) is 0 Å². The molecule has 0 saturated heterocycles. The van der Waals surface area contributed by atoms with Crippen molar-refractivity contribution in [2.75, 3.05) is 18.9 Å². The number of hydrogen-bond donors (Lipinski definition) is 1. The van der Waals surface area contributed by atoms with Gasteiger partial charge in [0.1, 0.15) is 0 Å². The van der Waals surface area contributed by atoms with Gasteiger partial charge in [0.05, 0.1) is 6.54 Å². The first-order valence-corrected chi connectivity index (χ1v) is 10.0. The number of nitrogens with one attached hydrogen (secondary N) is 1. The van der Waals surface area contributed by atoms with Gasteiger partial charge < -0.3 is 10.2 Å². The standard InChI is InChI=1S/C22H34N2O2/c1-5-6-10-18-11-13-19(14-12-18)22(26)24(4)15-20(25)23-21-16(2)8-7-9-17(21)3/h7-9,18-19H,5-6,10-15H2,1-4H3,(H,23,25). The molecule has 2 amide bonds. The van der Waals surface area contributed by atoms with Crippen LogP contribution in [0.5, 0.6) is 0 Å². The minimum Gasteiger partial charge on any atom is -0.336 e. The lowest BCUT2D eigenvalue weighted by molar-refractivity contribution is -0.138. The molecule has 4 heteroatoms. The normalized spacial score (nSPS) is 19.8. The second-order valence-electron chi connectivity index (χ2n) is 7.87. The zero-order valence-corrected chi connectivity index (χ0v) is 16.8. The lowest BCUT2D eigenvalue weighted by atomic mass is 9.79. The molecule has 0 heterocycles. The predicted molar refractivity (Wildman–Crippen MR) is 107 cm³/mol. The molecule has 1 aliphatic carbocycles. The van der Waals surface area contributed by atoms with Crippen LogP contribution in [0, 0.1) is 25.7 Å². The smallest absolute Gasteiger partial charge is 0.243 e. The van der Waals surface area contributed by atoms with Gasteiger partial charge in [-0.05, 0) is 56.6 Å². The van der Waals surface area contributed by atoms with Crippen molar-refractivity contribution in [3.63, 3.8) is 0 Å². The topological polar surface area (TPSA) is 49.4 Å². The first-order chi connectivity index (χ1) is 12.4. The van der Waals surface area contributed by atoms with Crippen LogP contribution in [0.2, 0.25) is 0 Å². The lowest BCUT2D eigenvalue weighted by Gasteiger charge is -2.30. The Morgan fingerprint density at radius 1 is 1.12 bits per heavy atom. The van der Waals surface area contributed by atoms with E-state index in [1.54, 1.807) is 11.9 Å². The number of benzene rings is 1. The minimum atomic E-state index is -0.130. The highest BCUT2D eigenvalue weighted by atomic mass is 16.2. The first kappa shape index (κ1) is 20.5. The van der Waals surface area contributed by atoms with Crippen LogP contribution in [-0.4, -0.2) is 30.3 Å². The summed E-state index contributed by atoms with van der Waals surface area (Å²) in [5.41, 5.74) is 2.94. The van der Waals surface area contributed by atoms with Crippen LogP contribution in [0.1, 0.15) is 63.0 Å². The maximum atomic E-state index is 12.7. The molecular formula is C22H34N2O2. The van der Waals surface area contributed by atoms with Crippen LogP contribution >= 0.6 is 0 Å². The predicted octanol–water partition coefficient (Wildman–Crippen LogP) is 4.70. The summed E-state index contributed by atoms with van der Waals surface area (Å²) in [7, 11) is 1.75. The van der Waals surface area contributed by atoms with Gasteiger partial charge in [0.15, 0.2) is 0 Å². The number of nitrogens with zero attached hydrogens (tertiary/aromatic N) is 1. The zero-order valence-electron chi connectivity index (χ0n) is 16.8. The Morgan fingerprint density at radius 2 is 1.73 bits per heavy atom. The zero-order chi connectivity index (χ0) is 19.1. The summed E-state index contributed by atoms with van der Waals surface area (Å²) in [4.78, 5) is 26.7. The van der Waals surface area contributed by atoms with Crippen molar-refractivity contribution in [1.82, 2.24) is 4.90 Å². The van der Waals surface area contributed by atoms with E-state index in [4.69, 9.17) is 0 Å². The maximum absolute atomic E-state index is 12.7. The Bertz CT molecular complexity index is 598. The molecular weight excluding hydrogens is 324 g/mol. The van der Waals surface area contributed by atoms with E-state index in [0.29, 0.717) is 0 Å². The second kappa shape index (κ2) is 9.75. The highest BCUT2D eigenvalue weighted by Crippen LogP contribution is 2.32. The van der Waals surface area contributed by atoms with Crippen LogP contribution in [0.4, 0.5) is 5.69 Å². The van der Waals surface area contributed by atoms with Gasteiger partial charge in [0.2, 0.25) is 11.8 Å². The quantitative estimate of drug-likeness (QED) is 0.768. The van der Waals surface area contributed by atoms with Gasteiger partial charge in [0, 0.05) is 18.7 Å². The number of amides is 2. The Hall–Kier alpha value is -1.84. The fraction of sp³-hybridized carbons (Fsp3) is 0.636. The SMILES string of the molecule is CCCCC1CCC(C(=O)N(C)CC(=O)Nc2c(C)cccc2C)CC1. The molecule has 4 nitrogen and oxygen atoms in total. The molecule has 0 bridgehead atoms. The van der Waals surface area contributed by atoms with E-state index in [1.807, 2.05) is 32.0 Å². The van der Waals surface area contributed by atoms with Gasteiger partial charge in [-0.2, -0.15) is 0 Å². The first-order valence-electron chi connectivity index (χ1n) is 10.0. The fourth-order valence-electron chi connectivity index (χ4n) is 3.99. The summed E-state index contributed by atoms with van der Waals surface area (Å²) in [5, 5.41) is 2.96. The number of unbranched alkanes of at least 4 members (excludes halogenated alkanes) is 1. The number of aryl methyl sites for hydroxylation is 2. The number of carbonyl (C=O) groups excluding carboxylic acids is 2. The summed E-state index contributed by atoms with van der Waals surface area (Å²) in [6.45, 7) is 6.30. The molecule has 144 valence electrons. The summed E-state index contributed by atoms with van der Waals surface area (Å²) >= 11 is 0. The number of carbonyl (C=O) groups is 2. The average Bonchev–Trinajstić information content (AvgIpc) is 2.63. The molecule has 0 unspecified atom stereocenters. The maximum Gasteiger partial charge on any atom is 0.243 e. The highest BCUT2D eigenvalue weighted by Gasteiger charge is 2.28. The third kappa shape index (κ3) is 5.58. The number of anilines is 1. The van der Waals surface area contributed by atoms with Crippen molar-refractivity contribution in [2.24, 2.45) is 11.8 Å². The van der Waals surface area contributed by atoms with Gasteiger partial charge in [-0.3, -0.25) is 9.59 Å². The molecule has 2 rings (SSSR count). The molecule has 1 aromatic rings. The Labute approximate surface area is 158 Å². The third-order valence-corrected chi connectivity index (χ3v) is 5.66. The molecule has 0 aromatic heterocycles. The number of likely N-dealkylation sites (N-methyl/N-ethyl adjacent to an activating group) is 1. The van der Waals surface area contributed by atoms with Crippen molar-refractivity contribution in [1.29, 1.82) is 0 Å². The van der Waals surface area contributed by atoms with Crippen LogP contribution in [0.25, 0.3) is 0 Å². The van der Waals surface area contributed by atoms with E-state index in [2.05, 4.69) is 12.2 Å². The summed E-state index contributed by atoms with van der Waals surface area (Å²) < 4.78 is 0. The van der Waals surface area contributed by atoms with Crippen LogP contribution in [-0.2, 0) is 9.59 Å².